The van der Waals surface area contributed by atoms with Crippen molar-refractivity contribution in [3.8, 4) is 0 Å². The van der Waals surface area contributed by atoms with Crippen molar-refractivity contribution < 1.29 is 4.74 Å². The highest BCUT2D eigenvalue weighted by Gasteiger charge is 2.26. The van der Waals surface area contributed by atoms with Gasteiger partial charge in [-0.2, -0.15) is 0 Å². The van der Waals surface area contributed by atoms with Gasteiger partial charge in [-0.1, -0.05) is 11.3 Å². The average molecular weight is 387 g/mol. The molecule has 146 valence electrons. The first-order valence-electron chi connectivity index (χ1n) is 9.78. The van der Waals surface area contributed by atoms with Crippen molar-refractivity contribution in [1.29, 1.82) is 0 Å². The van der Waals surface area contributed by atoms with E-state index in [2.05, 4.69) is 31.6 Å². The normalized spacial score (nSPS) is 19.6. The number of rotatable bonds is 3. The number of aryl methyl sites for hydroxylation is 1. The van der Waals surface area contributed by atoms with Gasteiger partial charge < -0.3 is 9.30 Å². The third-order valence-corrected chi connectivity index (χ3v) is 5.48. The number of aromatic nitrogens is 6. The van der Waals surface area contributed by atoms with Gasteiger partial charge in [0.1, 0.15) is 17.9 Å². The quantitative estimate of drug-likeness (QED) is 0.500. The summed E-state index contributed by atoms with van der Waals surface area (Å²) >= 11 is 0. The predicted octanol–water partition coefficient (Wildman–Crippen LogP) is 3.82. The van der Waals surface area contributed by atoms with Gasteiger partial charge in [0.05, 0.1) is 35.6 Å². The Bertz CT molecular complexity index is 1250. The molecule has 8 nitrogen and oxygen atoms in total. The van der Waals surface area contributed by atoms with Gasteiger partial charge in [0.25, 0.3) is 0 Å². The molecule has 1 aliphatic rings. The van der Waals surface area contributed by atoms with Crippen LogP contribution in [-0.4, -0.2) is 42.2 Å². The van der Waals surface area contributed by atoms with Crippen molar-refractivity contribution in [3.63, 3.8) is 0 Å². The van der Waals surface area contributed by atoms with E-state index in [1.54, 1.807) is 0 Å². The van der Waals surface area contributed by atoms with E-state index in [9.17, 15) is 0 Å². The zero-order chi connectivity index (χ0) is 20.0. The molecule has 2 atom stereocenters. The van der Waals surface area contributed by atoms with Crippen molar-refractivity contribution in [2.75, 3.05) is 6.61 Å². The van der Waals surface area contributed by atoms with E-state index in [-0.39, 0.29) is 12.1 Å². The van der Waals surface area contributed by atoms with Crippen LogP contribution in [0, 0.1) is 13.5 Å². The molecule has 1 saturated heterocycles. The van der Waals surface area contributed by atoms with E-state index < -0.39 is 0 Å². The van der Waals surface area contributed by atoms with Crippen LogP contribution in [0.15, 0.2) is 30.6 Å². The lowest BCUT2D eigenvalue weighted by Gasteiger charge is -2.30. The molecule has 0 spiro atoms. The molecule has 0 aliphatic carbocycles. The number of hydrogen-bond acceptors (Lipinski definition) is 5. The fourth-order valence-electron chi connectivity index (χ4n) is 4.21. The zero-order valence-electron chi connectivity index (χ0n) is 16.4. The first kappa shape index (κ1) is 17.8. The van der Waals surface area contributed by atoms with Gasteiger partial charge in [0.2, 0.25) is 0 Å². The van der Waals surface area contributed by atoms with Gasteiger partial charge in [0, 0.05) is 24.2 Å². The third kappa shape index (κ3) is 3.13. The van der Waals surface area contributed by atoms with Crippen LogP contribution >= 0.6 is 0 Å². The monoisotopic (exact) mass is 387 g/mol. The molecule has 3 aromatic heterocycles. The fourth-order valence-corrected chi connectivity index (χ4v) is 4.21. The Kier molecular flexibility index (Phi) is 4.25. The van der Waals surface area contributed by atoms with E-state index in [1.807, 2.05) is 42.2 Å². The molecule has 4 aromatic rings. The lowest BCUT2D eigenvalue weighted by atomic mass is 10.0. The van der Waals surface area contributed by atoms with Gasteiger partial charge in [-0.3, -0.25) is 4.98 Å². The molecule has 0 amide bonds. The Morgan fingerprint density at radius 2 is 2.21 bits per heavy atom. The summed E-state index contributed by atoms with van der Waals surface area (Å²) in [7, 11) is 0. The lowest BCUT2D eigenvalue weighted by molar-refractivity contribution is 0.00619. The SMILES string of the molecule is [C-]#[N+]c1ccc2ncc3nc(Cn4cc(C)nn4)n([C@@H]4CCO[C@H](C)C4)c3c2c1. The maximum Gasteiger partial charge on any atom is 0.188 e. The van der Waals surface area contributed by atoms with Crippen LogP contribution in [0.25, 0.3) is 26.8 Å². The standard InChI is InChI=1S/C21H21N7O/c1-13-11-27(26-25-13)12-20-24-19-10-23-18-5-4-15(22-3)9-17(18)21(19)28(20)16-6-7-29-14(2)8-16/h4-5,9-11,14,16H,6-8,12H2,1-2H3/t14-,16-/m1/s1. The molecule has 1 aromatic carbocycles. The number of imidazole rings is 1. The highest BCUT2D eigenvalue weighted by Crippen LogP contribution is 2.34. The van der Waals surface area contributed by atoms with Gasteiger partial charge in [-0.15, -0.1) is 5.10 Å². The average Bonchev–Trinajstić information content (AvgIpc) is 3.30. The van der Waals surface area contributed by atoms with Crippen LogP contribution in [0.3, 0.4) is 0 Å². The molecular weight excluding hydrogens is 366 g/mol. The maximum atomic E-state index is 7.41. The Morgan fingerprint density at radius 3 is 2.97 bits per heavy atom. The smallest absolute Gasteiger partial charge is 0.188 e. The molecule has 8 heteroatoms. The number of fused-ring (bicyclic) bond motifs is 3. The molecule has 1 aliphatic heterocycles. The van der Waals surface area contributed by atoms with E-state index >= 15 is 0 Å². The van der Waals surface area contributed by atoms with Crippen molar-refractivity contribution in [3.05, 3.63) is 53.5 Å². The first-order chi connectivity index (χ1) is 14.1. The summed E-state index contributed by atoms with van der Waals surface area (Å²) in [6.07, 6.45) is 5.78. The largest absolute Gasteiger partial charge is 0.378 e. The van der Waals surface area contributed by atoms with Gasteiger partial charge in [-0.25, -0.2) is 14.5 Å². The van der Waals surface area contributed by atoms with E-state index in [1.165, 1.54) is 0 Å². The van der Waals surface area contributed by atoms with Crippen molar-refractivity contribution in [2.45, 2.75) is 45.4 Å². The third-order valence-electron chi connectivity index (χ3n) is 5.48. The van der Waals surface area contributed by atoms with Crippen LogP contribution in [0.4, 0.5) is 5.69 Å². The second-order valence-electron chi connectivity index (χ2n) is 7.62. The summed E-state index contributed by atoms with van der Waals surface area (Å²) in [5.41, 5.74) is 4.22. The molecule has 5 rings (SSSR count). The highest BCUT2D eigenvalue weighted by molar-refractivity contribution is 6.03. The Hall–Kier alpha value is -3.31. The molecule has 0 N–H and O–H groups in total. The zero-order valence-corrected chi connectivity index (χ0v) is 16.4. The van der Waals surface area contributed by atoms with Crippen molar-refractivity contribution in [2.24, 2.45) is 0 Å². The number of pyridine rings is 1. The van der Waals surface area contributed by atoms with Gasteiger partial charge >= 0.3 is 0 Å². The van der Waals surface area contributed by atoms with Crippen molar-refractivity contribution in [1.82, 2.24) is 29.5 Å². The fraction of sp³-hybridized carbons (Fsp3) is 0.381. The van der Waals surface area contributed by atoms with Gasteiger partial charge in [0.15, 0.2) is 5.69 Å². The second kappa shape index (κ2) is 6.94. The molecule has 0 unspecified atom stereocenters. The summed E-state index contributed by atoms with van der Waals surface area (Å²) in [6.45, 7) is 12.7. The maximum absolute atomic E-state index is 7.41. The predicted molar refractivity (Wildman–Crippen MR) is 109 cm³/mol. The molecule has 4 heterocycles. The summed E-state index contributed by atoms with van der Waals surface area (Å²) in [5, 5.41) is 9.27. The molecule has 0 saturated carbocycles. The van der Waals surface area contributed by atoms with Crippen LogP contribution in [0.1, 0.15) is 37.3 Å². The number of hydrogen-bond donors (Lipinski definition) is 0. The molecule has 1 fully saturated rings. The lowest BCUT2D eigenvalue weighted by Crippen LogP contribution is -2.27. The first-order valence-corrected chi connectivity index (χ1v) is 9.78. The minimum atomic E-state index is 0.194. The molecule has 29 heavy (non-hydrogen) atoms. The minimum Gasteiger partial charge on any atom is -0.378 e. The van der Waals surface area contributed by atoms with Gasteiger partial charge in [-0.05, 0) is 38.8 Å². The second-order valence-corrected chi connectivity index (χ2v) is 7.62. The van der Waals surface area contributed by atoms with E-state index in [4.69, 9.17) is 16.3 Å². The number of nitrogens with zero attached hydrogens (tertiary/aromatic N) is 7. The van der Waals surface area contributed by atoms with E-state index in [0.717, 1.165) is 52.9 Å². The highest BCUT2D eigenvalue weighted by atomic mass is 16.5. The Labute approximate surface area is 168 Å². The summed E-state index contributed by atoms with van der Waals surface area (Å²) in [4.78, 5) is 13.1. The Morgan fingerprint density at radius 1 is 1.31 bits per heavy atom. The van der Waals surface area contributed by atoms with E-state index in [0.29, 0.717) is 12.2 Å². The van der Waals surface area contributed by atoms with Crippen molar-refractivity contribution >= 4 is 27.6 Å². The molecule has 0 bridgehead atoms. The minimum absolute atomic E-state index is 0.194. The molecule has 0 radical (unpaired) electrons. The van der Waals surface area contributed by atoms with Crippen LogP contribution in [0.5, 0.6) is 0 Å². The number of ether oxygens (including phenoxy) is 1. The van der Waals surface area contributed by atoms with Crippen LogP contribution < -0.4 is 0 Å². The summed E-state index contributed by atoms with van der Waals surface area (Å²) in [5.74, 6) is 0.923. The Balaban J connectivity index is 1.75. The summed E-state index contributed by atoms with van der Waals surface area (Å²) < 4.78 is 9.93. The van der Waals surface area contributed by atoms with Crippen LogP contribution in [0.2, 0.25) is 0 Å². The summed E-state index contributed by atoms with van der Waals surface area (Å²) in [6, 6.07) is 5.91. The molecular formula is C21H21N7O. The van der Waals surface area contributed by atoms with Crippen LogP contribution in [-0.2, 0) is 11.3 Å². The number of benzene rings is 1. The topological polar surface area (TPSA) is 75.0 Å².